The highest BCUT2D eigenvalue weighted by atomic mass is 16.7. The molecule has 0 radical (unpaired) electrons. The maximum absolute atomic E-state index is 14.5. The summed E-state index contributed by atoms with van der Waals surface area (Å²) in [4.78, 5) is 33.8. The molecule has 1 saturated carbocycles. The van der Waals surface area contributed by atoms with Gasteiger partial charge in [-0.25, -0.2) is 4.79 Å². The van der Waals surface area contributed by atoms with E-state index in [4.69, 9.17) is 28.9 Å². The van der Waals surface area contributed by atoms with Crippen molar-refractivity contribution in [3.8, 4) is 17.2 Å². The summed E-state index contributed by atoms with van der Waals surface area (Å²) in [6.45, 7) is 11.8. The minimum absolute atomic E-state index is 0.0713. The van der Waals surface area contributed by atoms with Gasteiger partial charge in [0.15, 0.2) is 0 Å². The Bertz CT molecular complexity index is 1780. The molecule has 0 bridgehead atoms. The van der Waals surface area contributed by atoms with Gasteiger partial charge in [-0.15, -0.1) is 6.58 Å². The number of benzene rings is 2. The number of nitrogens with zero attached hydrogens (tertiary/aromatic N) is 2. The predicted molar refractivity (Wildman–Crippen MR) is 249 cm³/mol. The maximum atomic E-state index is 14.5. The molecule has 2 aromatic rings. The number of hydrogen-bond acceptors (Lipinski definition) is 10. The summed E-state index contributed by atoms with van der Waals surface area (Å²) >= 11 is 0. The molecule has 1 aliphatic heterocycles. The number of oxime groups is 1. The number of carbonyl (C=O) groups is 2. The van der Waals surface area contributed by atoms with E-state index in [9.17, 15) is 19.8 Å². The number of amides is 1. The third-order valence-electron chi connectivity index (χ3n) is 13.0. The summed E-state index contributed by atoms with van der Waals surface area (Å²) in [6, 6.07) is 12.3. The molecule has 3 aliphatic rings. The van der Waals surface area contributed by atoms with Gasteiger partial charge >= 0.3 is 6.09 Å². The summed E-state index contributed by atoms with van der Waals surface area (Å²) in [5.74, 6) is -0.0310. The molecule has 2 aromatic carbocycles. The van der Waals surface area contributed by atoms with Crippen LogP contribution in [0.4, 0.5) is 4.79 Å². The molecule has 348 valence electrons. The fraction of sp³-hybridized carbons (Fsp3) is 0.635. The van der Waals surface area contributed by atoms with Crippen molar-refractivity contribution in [1.82, 2.24) is 4.90 Å². The van der Waals surface area contributed by atoms with Crippen LogP contribution in [-0.2, 0) is 14.3 Å². The average molecular weight is 873 g/mol. The molecule has 11 nitrogen and oxygen atoms in total. The fourth-order valence-electron chi connectivity index (χ4n) is 10.1. The Morgan fingerprint density at radius 2 is 1.60 bits per heavy atom. The lowest BCUT2D eigenvalue weighted by molar-refractivity contribution is -0.255. The van der Waals surface area contributed by atoms with E-state index in [1.54, 1.807) is 24.3 Å². The van der Waals surface area contributed by atoms with Crippen LogP contribution in [0.3, 0.4) is 0 Å². The van der Waals surface area contributed by atoms with Gasteiger partial charge in [-0.05, 0) is 93.2 Å². The highest BCUT2D eigenvalue weighted by molar-refractivity contribution is 6.03. The molecule has 0 aromatic heterocycles. The van der Waals surface area contributed by atoms with Crippen molar-refractivity contribution < 1.29 is 43.6 Å². The molecule has 1 amide bonds. The minimum Gasteiger partial charge on any atom is -0.459 e. The van der Waals surface area contributed by atoms with Crippen LogP contribution in [0.5, 0.6) is 17.2 Å². The van der Waals surface area contributed by atoms with Gasteiger partial charge in [0.1, 0.15) is 36.2 Å². The van der Waals surface area contributed by atoms with Crippen LogP contribution in [0.15, 0.2) is 71.9 Å². The molecule has 1 heterocycles. The largest absolute Gasteiger partial charge is 0.459 e. The lowest BCUT2D eigenvalue weighted by Gasteiger charge is -2.59. The van der Waals surface area contributed by atoms with Crippen LogP contribution < -0.4 is 9.47 Å². The smallest absolute Gasteiger partial charge is 0.410 e. The van der Waals surface area contributed by atoms with E-state index in [1.165, 1.54) is 44.9 Å². The van der Waals surface area contributed by atoms with Gasteiger partial charge in [0.2, 0.25) is 5.79 Å². The van der Waals surface area contributed by atoms with E-state index in [2.05, 4.69) is 26.5 Å². The number of aliphatic hydroxyl groups excluding tert-OH is 2. The van der Waals surface area contributed by atoms with Crippen LogP contribution in [0.1, 0.15) is 158 Å². The summed E-state index contributed by atoms with van der Waals surface area (Å²) < 4.78 is 27.0. The quantitative estimate of drug-likeness (QED) is 0.0340. The van der Waals surface area contributed by atoms with Crippen LogP contribution in [0.25, 0.3) is 0 Å². The van der Waals surface area contributed by atoms with E-state index < -0.39 is 23.8 Å². The number of unbranched alkanes of at least 4 members (excludes halogenated alkanes) is 11. The van der Waals surface area contributed by atoms with E-state index in [1.807, 2.05) is 36.1 Å². The number of rotatable bonds is 30. The monoisotopic (exact) mass is 873 g/mol. The third kappa shape index (κ3) is 13.2. The summed E-state index contributed by atoms with van der Waals surface area (Å²) in [5.41, 5.74) is 3.20. The van der Waals surface area contributed by atoms with Gasteiger partial charge in [0.25, 0.3) is 0 Å². The molecule has 2 N–H and O–H groups in total. The fourth-order valence-corrected chi connectivity index (χ4v) is 10.1. The van der Waals surface area contributed by atoms with E-state index in [0.717, 1.165) is 68.1 Å². The highest BCUT2D eigenvalue weighted by Crippen LogP contribution is 2.62. The average Bonchev–Trinajstić information content (AvgIpc) is 3.30. The zero-order valence-corrected chi connectivity index (χ0v) is 38.5. The first kappa shape index (κ1) is 49.8. The molecule has 63 heavy (non-hydrogen) atoms. The number of aldehydes is 1. The van der Waals surface area contributed by atoms with Crippen molar-refractivity contribution in [3.63, 3.8) is 0 Å². The zero-order chi connectivity index (χ0) is 44.9. The second kappa shape index (κ2) is 26.6. The topological polar surface area (TPSA) is 136 Å². The van der Waals surface area contributed by atoms with E-state index >= 15 is 0 Å². The first-order valence-corrected chi connectivity index (χ1v) is 24.3. The van der Waals surface area contributed by atoms with Crippen LogP contribution in [-0.4, -0.2) is 84.6 Å². The molecular formula is C52H76N2O9. The van der Waals surface area contributed by atoms with Crippen molar-refractivity contribution >= 4 is 18.1 Å². The number of fused-ring (bicyclic) bond motifs is 2. The van der Waals surface area contributed by atoms with E-state index in [-0.39, 0.29) is 37.6 Å². The van der Waals surface area contributed by atoms with Crippen LogP contribution >= 0.6 is 0 Å². The van der Waals surface area contributed by atoms with Gasteiger partial charge in [-0.1, -0.05) is 114 Å². The van der Waals surface area contributed by atoms with Crippen molar-refractivity contribution in [1.29, 1.82) is 0 Å². The molecule has 0 unspecified atom stereocenters. The summed E-state index contributed by atoms with van der Waals surface area (Å²) in [6.07, 6.45) is 22.1. The Morgan fingerprint density at radius 1 is 0.889 bits per heavy atom. The van der Waals surface area contributed by atoms with Crippen molar-refractivity contribution in [2.45, 2.75) is 154 Å². The maximum Gasteiger partial charge on any atom is 0.410 e. The van der Waals surface area contributed by atoms with Gasteiger partial charge < -0.3 is 34.0 Å². The summed E-state index contributed by atoms with van der Waals surface area (Å²) in [5, 5.41) is 24.6. The summed E-state index contributed by atoms with van der Waals surface area (Å²) in [7, 11) is 0. The number of ether oxygens (including phenoxy) is 4. The zero-order valence-electron chi connectivity index (χ0n) is 38.5. The number of hydrogen-bond donors (Lipinski definition) is 2. The van der Waals surface area contributed by atoms with E-state index in [0.29, 0.717) is 68.3 Å². The normalized spacial score (nSPS) is 22.9. The first-order valence-electron chi connectivity index (χ1n) is 24.3. The van der Waals surface area contributed by atoms with Gasteiger partial charge in [-0.3, -0.25) is 9.69 Å². The van der Waals surface area contributed by atoms with Crippen LogP contribution in [0, 0.1) is 17.8 Å². The lowest BCUT2D eigenvalue weighted by atomic mass is 9.55. The molecule has 11 heteroatoms. The minimum atomic E-state index is -1.36. The van der Waals surface area contributed by atoms with Crippen molar-refractivity contribution in [2.75, 3.05) is 39.6 Å². The third-order valence-corrected chi connectivity index (χ3v) is 13.0. The Balaban J connectivity index is 1.57. The number of aliphatic hydroxyl groups is 2. The van der Waals surface area contributed by atoms with Gasteiger partial charge in [-0.2, -0.15) is 0 Å². The van der Waals surface area contributed by atoms with Crippen molar-refractivity contribution in [2.24, 2.45) is 22.9 Å². The van der Waals surface area contributed by atoms with Gasteiger partial charge in [0, 0.05) is 43.2 Å². The SMILES string of the molecule is C=CCO[C@@]12Oc3ccc(Oc4cccc(C=O)c4)cc3[C@H]3[C@H](CCCCO)[C@@H](CCCCO)C=C(C(=NOCC)C[C@@H]1N(CCC)C(=O)OCCCCCCCCCCCC)[C@H]32. The van der Waals surface area contributed by atoms with Crippen molar-refractivity contribution in [3.05, 3.63) is 77.9 Å². The Labute approximate surface area is 377 Å². The first-order chi connectivity index (χ1) is 30.9. The Hall–Kier alpha value is -4.19. The molecule has 1 fully saturated rings. The molecule has 0 saturated heterocycles. The molecule has 0 spiro atoms. The highest BCUT2D eigenvalue weighted by Gasteiger charge is 2.65. The molecular weight excluding hydrogens is 797 g/mol. The molecule has 6 atom stereocenters. The number of allylic oxidation sites excluding steroid dienone is 1. The van der Waals surface area contributed by atoms with Crippen LogP contribution in [0.2, 0.25) is 0 Å². The second-order valence-corrected chi connectivity index (χ2v) is 17.5. The molecule has 5 rings (SSSR count). The standard InChI is InChI=1S/C52H76N2O9/c1-5-9-10-11-12-13-14-15-16-21-33-59-51(58)54(29-6-2)48-37-46(53-61-8-4)44-35-40(24-17-19-30-55)43(26-18-20-31-56)49-45-36-42(62-41-25-22-23-39(34-41)38-57)27-28-47(45)63-52(48,50(44)49)60-32-7-3/h7,22-23,25,27-28,34-36,38,40,43,48-50,55-56H,3,5-6,8-21,24,26,29-33,37H2,1-2,4H3/t40-,43+,48-,49+,50+,52+/m0/s1. The lowest BCUT2D eigenvalue weighted by Crippen LogP contribution is -2.70. The Morgan fingerprint density at radius 3 is 2.29 bits per heavy atom. The predicted octanol–water partition coefficient (Wildman–Crippen LogP) is 11.7. The number of carbonyl (C=O) groups excluding carboxylic acids is 2. The second-order valence-electron chi connectivity index (χ2n) is 17.5. The molecule has 2 aliphatic carbocycles. The Kier molecular flexibility index (Phi) is 21.0. The van der Waals surface area contributed by atoms with Gasteiger partial charge in [0.05, 0.1) is 24.8 Å².